The predicted molar refractivity (Wildman–Crippen MR) is 131 cm³/mol. The average molecular weight is 536 g/mol. The van der Waals surface area contributed by atoms with E-state index in [-0.39, 0.29) is 29.4 Å². The topological polar surface area (TPSA) is 54.9 Å². The van der Waals surface area contributed by atoms with E-state index in [9.17, 15) is 0 Å². The molecular formula is C22H35ClIN3O2. The summed E-state index contributed by atoms with van der Waals surface area (Å²) in [6.07, 6.45) is 5.55. The molecule has 2 aliphatic rings. The number of guanidine groups is 1. The average Bonchev–Trinajstić information content (AvgIpc) is 3.54. The van der Waals surface area contributed by atoms with Gasteiger partial charge >= 0.3 is 0 Å². The minimum atomic E-state index is -0.0632. The molecule has 0 bridgehead atoms. The number of hydrogen-bond acceptors (Lipinski definition) is 3. The van der Waals surface area contributed by atoms with Crippen LogP contribution in [0.4, 0.5) is 0 Å². The minimum absolute atomic E-state index is 0. The van der Waals surface area contributed by atoms with E-state index >= 15 is 0 Å². The summed E-state index contributed by atoms with van der Waals surface area (Å²) in [7, 11) is 0. The van der Waals surface area contributed by atoms with E-state index in [1.54, 1.807) is 0 Å². The lowest BCUT2D eigenvalue weighted by molar-refractivity contribution is 0.0531. The zero-order chi connectivity index (χ0) is 19.7. The summed E-state index contributed by atoms with van der Waals surface area (Å²) in [4.78, 5) is 4.92. The smallest absolute Gasteiger partial charge is 0.191 e. The summed E-state index contributed by atoms with van der Waals surface area (Å²) in [6.45, 7) is 7.74. The van der Waals surface area contributed by atoms with Crippen LogP contribution in [0, 0.1) is 5.92 Å². The van der Waals surface area contributed by atoms with Crippen LogP contribution in [-0.4, -0.2) is 52.0 Å². The van der Waals surface area contributed by atoms with Gasteiger partial charge in [-0.3, -0.25) is 4.99 Å². The summed E-state index contributed by atoms with van der Waals surface area (Å²) >= 11 is 6.55. The van der Waals surface area contributed by atoms with Crippen molar-refractivity contribution in [3.63, 3.8) is 0 Å². The van der Waals surface area contributed by atoms with Crippen LogP contribution in [0.15, 0.2) is 29.3 Å². The molecule has 0 spiro atoms. The van der Waals surface area contributed by atoms with Gasteiger partial charge in [-0.05, 0) is 56.6 Å². The molecule has 0 unspecified atom stereocenters. The van der Waals surface area contributed by atoms with Gasteiger partial charge in [0.25, 0.3) is 0 Å². The first-order valence-corrected chi connectivity index (χ1v) is 11.0. The maximum Gasteiger partial charge on any atom is 0.191 e. The van der Waals surface area contributed by atoms with Crippen LogP contribution in [0.25, 0.3) is 0 Å². The van der Waals surface area contributed by atoms with E-state index in [0.29, 0.717) is 6.54 Å². The first-order valence-electron chi connectivity index (χ1n) is 10.7. The Morgan fingerprint density at radius 1 is 1.24 bits per heavy atom. The molecule has 2 fully saturated rings. The maximum atomic E-state index is 6.55. The Morgan fingerprint density at radius 3 is 2.69 bits per heavy atom. The third-order valence-corrected chi connectivity index (χ3v) is 5.92. The van der Waals surface area contributed by atoms with E-state index in [2.05, 4.69) is 29.7 Å². The van der Waals surface area contributed by atoms with E-state index < -0.39 is 0 Å². The van der Waals surface area contributed by atoms with E-state index in [1.165, 1.54) is 18.4 Å². The molecule has 1 aromatic rings. The standard InChI is InChI=1S/C22H34ClN3O2.HI/c1-2-24-21(25-12-5-13-28-16-18-8-9-18)26-17-22(10-14-27-15-11-22)19-6-3-4-7-20(19)23;/h3-4,6-7,18H,2,5,8-17H2,1H3,(H2,24,25,26);1H. The SMILES string of the molecule is CCNC(=NCC1(c2ccccc2Cl)CCOCC1)NCCCOCC1CC1.I. The molecule has 1 aliphatic heterocycles. The van der Waals surface area contributed by atoms with Gasteiger partial charge in [0.2, 0.25) is 0 Å². The molecule has 5 nitrogen and oxygen atoms in total. The number of nitrogens with zero attached hydrogens (tertiary/aromatic N) is 1. The highest BCUT2D eigenvalue weighted by atomic mass is 127. The van der Waals surface area contributed by atoms with E-state index in [4.69, 9.17) is 26.1 Å². The highest BCUT2D eigenvalue weighted by Gasteiger charge is 2.36. The number of ether oxygens (including phenoxy) is 2. The summed E-state index contributed by atoms with van der Waals surface area (Å²) in [5, 5.41) is 7.62. The van der Waals surface area contributed by atoms with Crippen LogP contribution in [0.5, 0.6) is 0 Å². The Balaban J connectivity index is 0.00000300. The van der Waals surface area contributed by atoms with Gasteiger partial charge in [0.1, 0.15) is 0 Å². The van der Waals surface area contributed by atoms with Crippen molar-refractivity contribution in [2.45, 2.75) is 44.4 Å². The van der Waals surface area contributed by atoms with Gasteiger partial charge in [-0.15, -0.1) is 24.0 Å². The first kappa shape index (κ1) is 24.7. The third kappa shape index (κ3) is 7.89. The largest absolute Gasteiger partial charge is 0.381 e. The number of halogens is 2. The molecule has 1 aromatic carbocycles. The Labute approximate surface area is 197 Å². The number of benzene rings is 1. The Morgan fingerprint density at radius 2 is 2.00 bits per heavy atom. The van der Waals surface area contributed by atoms with Gasteiger partial charge in [-0.2, -0.15) is 0 Å². The molecule has 0 atom stereocenters. The normalized spacial score (nSPS) is 18.8. The molecule has 1 saturated heterocycles. The number of aliphatic imine (C=N–C) groups is 1. The monoisotopic (exact) mass is 535 g/mol. The van der Waals surface area contributed by atoms with Gasteiger partial charge < -0.3 is 20.1 Å². The Kier molecular flexibility index (Phi) is 11.0. The van der Waals surface area contributed by atoms with Crippen molar-refractivity contribution in [2.24, 2.45) is 10.9 Å². The first-order chi connectivity index (χ1) is 13.7. The fourth-order valence-electron chi connectivity index (χ4n) is 3.65. The van der Waals surface area contributed by atoms with E-state index in [1.807, 2.05) is 12.1 Å². The molecule has 0 aromatic heterocycles. The zero-order valence-electron chi connectivity index (χ0n) is 17.4. The number of rotatable bonds is 10. The molecular weight excluding hydrogens is 501 g/mol. The van der Waals surface area contributed by atoms with Crippen molar-refractivity contribution in [3.05, 3.63) is 34.9 Å². The second kappa shape index (κ2) is 13.0. The lowest BCUT2D eigenvalue weighted by Gasteiger charge is -2.37. The molecule has 164 valence electrons. The number of nitrogens with one attached hydrogen (secondary N) is 2. The highest BCUT2D eigenvalue weighted by molar-refractivity contribution is 14.0. The molecule has 1 heterocycles. The van der Waals surface area contributed by atoms with Crippen molar-refractivity contribution in [1.82, 2.24) is 10.6 Å². The van der Waals surface area contributed by atoms with Crippen molar-refractivity contribution < 1.29 is 9.47 Å². The van der Waals surface area contributed by atoms with Crippen LogP contribution in [-0.2, 0) is 14.9 Å². The van der Waals surface area contributed by atoms with Crippen LogP contribution in [0.2, 0.25) is 5.02 Å². The van der Waals surface area contributed by atoms with Gasteiger partial charge in [-0.25, -0.2) is 0 Å². The molecule has 29 heavy (non-hydrogen) atoms. The van der Waals surface area contributed by atoms with Crippen molar-refractivity contribution in [1.29, 1.82) is 0 Å². The second-order valence-corrected chi connectivity index (χ2v) is 8.27. The maximum absolute atomic E-state index is 6.55. The fraction of sp³-hybridized carbons (Fsp3) is 0.682. The molecule has 7 heteroatoms. The molecule has 2 N–H and O–H groups in total. The summed E-state index contributed by atoms with van der Waals surface area (Å²) in [5.74, 6) is 1.69. The molecule has 1 aliphatic carbocycles. The predicted octanol–water partition coefficient (Wildman–Crippen LogP) is 4.38. The second-order valence-electron chi connectivity index (χ2n) is 7.87. The van der Waals surface area contributed by atoms with Crippen molar-refractivity contribution >= 4 is 41.5 Å². The lowest BCUT2D eigenvalue weighted by Crippen LogP contribution is -2.41. The van der Waals surface area contributed by atoms with Crippen LogP contribution < -0.4 is 10.6 Å². The summed E-state index contributed by atoms with van der Waals surface area (Å²) in [5.41, 5.74) is 1.12. The highest BCUT2D eigenvalue weighted by Crippen LogP contribution is 2.38. The van der Waals surface area contributed by atoms with Gasteiger partial charge in [0.05, 0.1) is 6.54 Å². The van der Waals surface area contributed by atoms with Crippen molar-refractivity contribution in [3.8, 4) is 0 Å². The van der Waals surface area contributed by atoms with Crippen LogP contribution in [0.3, 0.4) is 0 Å². The summed E-state index contributed by atoms with van der Waals surface area (Å²) in [6, 6.07) is 8.16. The fourth-order valence-corrected chi connectivity index (χ4v) is 3.99. The summed E-state index contributed by atoms with van der Waals surface area (Å²) < 4.78 is 11.3. The quantitative estimate of drug-likeness (QED) is 0.202. The van der Waals surface area contributed by atoms with Crippen LogP contribution >= 0.6 is 35.6 Å². The molecule has 0 amide bonds. The van der Waals surface area contributed by atoms with Crippen molar-refractivity contribution in [2.75, 3.05) is 46.1 Å². The van der Waals surface area contributed by atoms with Crippen LogP contribution in [0.1, 0.15) is 44.6 Å². The number of hydrogen-bond donors (Lipinski definition) is 2. The molecule has 3 rings (SSSR count). The Bertz CT molecular complexity index is 634. The van der Waals surface area contributed by atoms with Gasteiger partial charge in [-0.1, -0.05) is 29.8 Å². The lowest BCUT2D eigenvalue weighted by atomic mass is 9.74. The van der Waals surface area contributed by atoms with E-state index in [0.717, 1.165) is 75.7 Å². The van der Waals surface area contributed by atoms with Gasteiger partial charge in [0.15, 0.2) is 5.96 Å². The minimum Gasteiger partial charge on any atom is -0.381 e. The Hall–Kier alpha value is -0.570. The van der Waals surface area contributed by atoms with Gasteiger partial charge in [0, 0.05) is 50.0 Å². The third-order valence-electron chi connectivity index (χ3n) is 5.59. The molecule has 1 saturated carbocycles. The zero-order valence-corrected chi connectivity index (χ0v) is 20.5. The molecule has 0 radical (unpaired) electrons.